The topological polar surface area (TPSA) is 70.6 Å². The van der Waals surface area contributed by atoms with E-state index in [-0.39, 0.29) is 6.54 Å². The number of benzene rings is 1. The second-order valence-electron chi connectivity index (χ2n) is 2.93. The highest BCUT2D eigenvalue weighted by Crippen LogP contribution is 2.21. The molecule has 3 N–H and O–H groups in total. The maximum atomic E-state index is 10.4. The minimum atomic E-state index is -1.04. The lowest BCUT2D eigenvalue weighted by atomic mass is 10.1. The van der Waals surface area contributed by atoms with Crippen LogP contribution in [0.15, 0.2) is 18.2 Å². The van der Waals surface area contributed by atoms with E-state index in [1.807, 2.05) is 12.1 Å². The predicted molar refractivity (Wildman–Crippen MR) is 57.4 cm³/mol. The van der Waals surface area contributed by atoms with Crippen molar-refractivity contribution in [3.8, 4) is 5.75 Å². The Bertz CT molecular complexity index is 353. The van der Waals surface area contributed by atoms with E-state index < -0.39 is 6.09 Å². The van der Waals surface area contributed by atoms with Gasteiger partial charge in [0.15, 0.2) is 0 Å². The van der Waals surface area contributed by atoms with Crippen molar-refractivity contribution in [2.45, 2.75) is 6.54 Å². The molecule has 1 aromatic rings. The van der Waals surface area contributed by atoms with Crippen molar-refractivity contribution in [3.05, 3.63) is 23.8 Å². The Labute approximate surface area is 88.1 Å². The molecule has 0 fully saturated rings. The smallest absolute Gasteiger partial charge is 0.404 e. The Morgan fingerprint density at radius 2 is 2.27 bits per heavy atom. The molecule has 5 heteroatoms. The van der Waals surface area contributed by atoms with Gasteiger partial charge in [0.1, 0.15) is 5.75 Å². The fraction of sp³-hybridized carbons (Fsp3) is 0.300. The normalized spacial score (nSPS) is 9.47. The van der Waals surface area contributed by atoms with Crippen molar-refractivity contribution in [2.75, 3.05) is 19.5 Å². The summed E-state index contributed by atoms with van der Waals surface area (Å²) in [4.78, 5) is 10.4. The van der Waals surface area contributed by atoms with Crippen LogP contribution in [0.25, 0.3) is 0 Å². The average molecular weight is 210 g/mol. The minimum Gasteiger partial charge on any atom is -0.497 e. The van der Waals surface area contributed by atoms with E-state index >= 15 is 0 Å². The summed E-state index contributed by atoms with van der Waals surface area (Å²) in [7, 11) is 3.36. The maximum absolute atomic E-state index is 10.4. The van der Waals surface area contributed by atoms with E-state index in [2.05, 4.69) is 10.6 Å². The molecule has 0 radical (unpaired) electrons. The lowest BCUT2D eigenvalue weighted by molar-refractivity contribution is 0.194. The van der Waals surface area contributed by atoms with Crippen LogP contribution < -0.4 is 15.4 Å². The Kier molecular flexibility index (Phi) is 3.79. The van der Waals surface area contributed by atoms with Crippen LogP contribution in [0.3, 0.4) is 0 Å². The number of rotatable bonds is 4. The van der Waals surface area contributed by atoms with Gasteiger partial charge in [-0.15, -0.1) is 0 Å². The third-order valence-electron chi connectivity index (χ3n) is 2.01. The summed E-state index contributed by atoms with van der Waals surface area (Å²) in [5.41, 5.74) is 1.73. The molecule has 0 saturated carbocycles. The van der Waals surface area contributed by atoms with Crippen molar-refractivity contribution >= 4 is 11.8 Å². The first-order valence-corrected chi connectivity index (χ1v) is 4.49. The number of methoxy groups -OCH3 is 1. The van der Waals surface area contributed by atoms with E-state index in [1.165, 1.54) is 0 Å². The summed E-state index contributed by atoms with van der Waals surface area (Å²) in [6, 6.07) is 5.45. The van der Waals surface area contributed by atoms with Crippen LogP contribution >= 0.6 is 0 Å². The molecule has 82 valence electrons. The molecule has 0 aliphatic rings. The molecule has 1 amide bonds. The Hall–Kier alpha value is -1.91. The van der Waals surface area contributed by atoms with Crippen molar-refractivity contribution in [3.63, 3.8) is 0 Å². The highest BCUT2D eigenvalue weighted by atomic mass is 16.5. The molecule has 0 aromatic heterocycles. The van der Waals surface area contributed by atoms with Crippen molar-refractivity contribution in [2.24, 2.45) is 0 Å². The second-order valence-corrected chi connectivity index (χ2v) is 2.93. The molecule has 5 nitrogen and oxygen atoms in total. The highest BCUT2D eigenvalue weighted by molar-refractivity contribution is 5.65. The van der Waals surface area contributed by atoms with Crippen LogP contribution in [0.4, 0.5) is 10.5 Å². The minimum absolute atomic E-state index is 0.253. The summed E-state index contributed by atoms with van der Waals surface area (Å²) in [5, 5.41) is 13.8. The molecule has 0 bridgehead atoms. The van der Waals surface area contributed by atoms with Gasteiger partial charge in [0.05, 0.1) is 7.11 Å². The molecule has 1 rings (SSSR count). The average Bonchev–Trinajstić information content (AvgIpc) is 2.25. The Morgan fingerprint density at radius 1 is 1.53 bits per heavy atom. The van der Waals surface area contributed by atoms with Gasteiger partial charge in [0.2, 0.25) is 0 Å². The molecule has 0 unspecified atom stereocenters. The SMILES string of the molecule is CNc1ccc(OC)cc1CNC(=O)O. The molecule has 15 heavy (non-hydrogen) atoms. The second kappa shape index (κ2) is 5.09. The largest absolute Gasteiger partial charge is 0.497 e. The number of carboxylic acid groups (broad SMARTS) is 1. The van der Waals surface area contributed by atoms with Crippen molar-refractivity contribution < 1.29 is 14.6 Å². The van der Waals surface area contributed by atoms with Gasteiger partial charge < -0.3 is 20.5 Å². The molecule has 0 spiro atoms. The van der Waals surface area contributed by atoms with Gasteiger partial charge in [-0.05, 0) is 23.8 Å². The van der Waals surface area contributed by atoms with Gasteiger partial charge >= 0.3 is 6.09 Å². The Morgan fingerprint density at radius 3 is 2.80 bits per heavy atom. The number of amides is 1. The van der Waals surface area contributed by atoms with Crippen LogP contribution in [0.2, 0.25) is 0 Å². The standard InChI is InChI=1S/C10H14N2O3/c1-11-9-4-3-8(15-2)5-7(9)6-12-10(13)14/h3-5,11-12H,6H2,1-2H3,(H,13,14). The van der Waals surface area contributed by atoms with Crippen LogP contribution in [0.1, 0.15) is 5.56 Å². The van der Waals surface area contributed by atoms with Gasteiger partial charge in [0, 0.05) is 19.3 Å². The lowest BCUT2D eigenvalue weighted by Crippen LogP contribution is -2.20. The monoisotopic (exact) mass is 210 g/mol. The number of carbonyl (C=O) groups is 1. The number of ether oxygens (including phenoxy) is 1. The first-order chi connectivity index (χ1) is 7.17. The molecule has 0 aliphatic carbocycles. The summed E-state index contributed by atoms with van der Waals surface area (Å²) in [5.74, 6) is 0.705. The van der Waals surface area contributed by atoms with Crippen molar-refractivity contribution in [1.29, 1.82) is 0 Å². The van der Waals surface area contributed by atoms with Crippen LogP contribution in [0, 0.1) is 0 Å². The van der Waals surface area contributed by atoms with Crippen LogP contribution in [0.5, 0.6) is 5.75 Å². The molecule has 0 saturated heterocycles. The summed E-state index contributed by atoms with van der Waals surface area (Å²) in [6.45, 7) is 0.253. The molecular weight excluding hydrogens is 196 g/mol. The molecule has 0 atom stereocenters. The first-order valence-electron chi connectivity index (χ1n) is 4.49. The maximum Gasteiger partial charge on any atom is 0.404 e. The fourth-order valence-electron chi connectivity index (χ4n) is 1.26. The first kappa shape index (κ1) is 11.2. The third kappa shape index (κ3) is 3.05. The number of anilines is 1. The summed E-state index contributed by atoms with van der Waals surface area (Å²) >= 11 is 0. The summed E-state index contributed by atoms with van der Waals surface area (Å²) in [6.07, 6.45) is -1.04. The highest BCUT2D eigenvalue weighted by Gasteiger charge is 2.04. The van der Waals surface area contributed by atoms with Gasteiger partial charge in [0.25, 0.3) is 0 Å². The van der Waals surface area contributed by atoms with Crippen LogP contribution in [-0.4, -0.2) is 25.4 Å². The third-order valence-corrected chi connectivity index (χ3v) is 2.01. The van der Waals surface area contributed by atoms with Gasteiger partial charge in [-0.25, -0.2) is 4.79 Å². The molecule has 0 aliphatic heterocycles. The predicted octanol–water partition coefficient (Wildman–Crippen LogP) is 1.50. The van der Waals surface area contributed by atoms with E-state index in [4.69, 9.17) is 9.84 Å². The van der Waals surface area contributed by atoms with E-state index in [9.17, 15) is 4.79 Å². The number of hydrogen-bond donors (Lipinski definition) is 3. The van der Waals surface area contributed by atoms with Gasteiger partial charge in [-0.2, -0.15) is 0 Å². The number of nitrogens with one attached hydrogen (secondary N) is 2. The van der Waals surface area contributed by atoms with Crippen LogP contribution in [-0.2, 0) is 6.54 Å². The van der Waals surface area contributed by atoms with Crippen molar-refractivity contribution in [1.82, 2.24) is 5.32 Å². The molecule has 1 aromatic carbocycles. The van der Waals surface area contributed by atoms with E-state index in [0.717, 1.165) is 11.3 Å². The number of hydrogen-bond acceptors (Lipinski definition) is 3. The molecule has 0 heterocycles. The van der Waals surface area contributed by atoms with E-state index in [1.54, 1.807) is 20.2 Å². The lowest BCUT2D eigenvalue weighted by Gasteiger charge is -2.10. The zero-order valence-electron chi connectivity index (χ0n) is 8.70. The zero-order chi connectivity index (χ0) is 11.3. The molecular formula is C10H14N2O3. The van der Waals surface area contributed by atoms with E-state index in [0.29, 0.717) is 5.75 Å². The van der Waals surface area contributed by atoms with Gasteiger partial charge in [-0.3, -0.25) is 0 Å². The van der Waals surface area contributed by atoms with Gasteiger partial charge in [-0.1, -0.05) is 0 Å². The quantitative estimate of drug-likeness (QED) is 0.704. The zero-order valence-corrected chi connectivity index (χ0v) is 8.70. The fourth-order valence-corrected chi connectivity index (χ4v) is 1.26. The Balaban J connectivity index is 2.85. The summed E-state index contributed by atoms with van der Waals surface area (Å²) < 4.78 is 5.06.